The summed E-state index contributed by atoms with van der Waals surface area (Å²) in [7, 11) is 1.69. The largest absolute Gasteiger partial charge is 0.542 e. The smallest absolute Gasteiger partial charge is 0.222 e. The van der Waals surface area contributed by atoms with Crippen LogP contribution >= 0.6 is 0 Å². The van der Waals surface area contributed by atoms with Crippen molar-refractivity contribution in [1.82, 2.24) is 5.32 Å². The second-order valence-corrected chi connectivity index (χ2v) is 4.97. The number of carbonyl (C=O) groups is 1. The molecule has 0 bridgehead atoms. The molecule has 1 radical (unpaired) electrons. The summed E-state index contributed by atoms with van der Waals surface area (Å²) in [6.45, 7) is 0. The summed E-state index contributed by atoms with van der Waals surface area (Å²) in [6.07, 6.45) is 5.99. The molecular formula is C16H19NO2Y-2. The van der Waals surface area contributed by atoms with E-state index in [9.17, 15) is 9.59 Å². The van der Waals surface area contributed by atoms with Crippen LogP contribution in [0.5, 0.6) is 0 Å². The van der Waals surface area contributed by atoms with E-state index in [4.69, 9.17) is 0 Å². The van der Waals surface area contributed by atoms with E-state index >= 15 is 0 Å². The monoisotopic (exact) mass is 346 g/mol. The first-order valence-corrected chi connectivity index (χ1v) is 6.75. The van der Waals surface area contributed by atoms with Gasteiger partial charge < -0.3 is 10.1 Å². The van der Waals surface area contributed by atoms with Crippen molar-refractivity contribution in [2.45, 2.75) is 32.1 Å². The zero-order valence-corrected chi connectivity index (χ0v) is 14.7. The van der Waals surface area contributed by atoms with E-state index < -0.39 is 0 Å². The third kappa shape index (κ3) is 4.16. The summed E-state index contributed by atoms with van der Waals surface area (Å²) in [6, 6.07) is 8.01. The molecule has 0 saturated heterocycles. The summed E-state index contributed by atoms with van der Waals surface area (Å²) in [5, 5.41) is 2.72. The van der Waals surface area contributed by atoms with Crippen LogP contribution in [0, 0.1) is 11.8 Å². The van der Waals surface area contributed by atoms with E-state index in [1.165, 1.54) is 11.5 Å². The van der Waals surface area contributed by atoms with Crippen molar-refractivity contribution in [3.8, 4) is 0 Å². The Labute approximate surface area is 145 Å². The molecule has 1 saturated carbocycles. The van der Waals surface area contributed by atoms with Crippen LogP contribution in [0.1, 0.15) is 36.8 Å². The van der Waals surface area contributed by atoms with Gasteiger partial charge in [0.1, 0.15) is 0 Å². The van der Waals surface area contributed by atoms with Gasteiger partial charge >= 0.3 is 0 Å². The minimum atomic E-state index is 0. The maximum absolute atomic E-state index is 11.6. The third-order valence-electron chi connectivity index (χ3n) is 3.87. The normalized spacial score (nSPS) is 15.3. The van der Waals surface area contributed by atoms with Crippen LogP contribution in [0.4, 0.5) is 0 Å². The van der Waals surface area contributed by atoms with Crippen LogP contribution in [0.3, 0.4) is 0 Å². The number of hydrogen-bond donors (Lipinski definition) is 1. The molecule has 0 aliphatic heterocycles. The molecule has 3 nitrogen and oxygen atoms in total. The van der Waals surface area contributed by atoms with Gasteiger partial charge in [-0.2, -0.15) is 29.5 Å². The maximum atomic E-state index is 11.6. The molecule has 1 aromatic carbocycles. The molecule has 0 heterocycles. The van der Waals surface area contributed by atoms with Crippen molar-refractivity contribution < 1.29 is 42.3 Å². The van der Waals surface area contributed by atoms with Crippen molar-refractivity contribution in [3.63, 3.8) is 0 Å². The van der Waals surface area contributed by atoms with Gasteiger partial charge in [-0.15, -0.1) is 12.1 Å². The van der Waals surface area contributed by atoms with Crippen LogP contribution in [0.15, 0.2) is 24.3 Å². The standard InChI is InChI=1S/C16H19NO2.Y/c1-17-16(19)14-8-6-13(7-9-14)15-5-3-2-4-12(15)10-11-18;/h2-5,14H,6-10H2,1H3,(H,17,19);/q-2;. The molecule has 4 heteroatoms. The van der Waals surface area contributed by atoms with Crippen molar-refractivity contribution >= 4 is 12.2 Å². The van der Waals surface area contributed by atoms with Crippen LogP contribution in [-0.4, -0.2) is 19.2 Å². The quantitative estimate of drug-likeness (QED) is 0.850. The predicted molar refractivity (Wildman–Crippen MR) is 74.2 cm³/mol. The molecule has 0 unspecified atom stereocenters. The fourth-order valence-electron chi connectivity index (χ4n) is 2.80. The zero-order valence-electron chi connectivity index (χ0n) is 11.8. The first-order chi connectivity index (χ1) is 9.26. The Morgan fingerprint density at radius 3 is 2.60 bits per heavy atom. The average molecular weight is 346 g/mol. The van der Waals surface area contributed by atoms with Gasteiger partial charge in [-0.05, 0) is 12.8 Å². The van der Waals surface area contributed by atoms with Crippen LogP contribution in [0.2, 0.25) is 0 Å². The molecule has 2 rings (SSSR count). The van der Waals surface area contributed by atoms with Crippen LogP contribution in [0.25, 0.3) is 0 Å². The number of rotatable bonds is 4. The molecule has 1 amide bonds. The van der Waals surface area contributed by atoms with E-state index in [-0.39, 0.29) is 44.5 Å². The first kappa shape index (κ1) is 17.4. The van der Waals surface area contributed by atoms with Gasteiger partial charge in [-0.1, -0.05) is 18.9 Å². The van der Waals surface area contributed by atoms with Gasteiger partial charge in [0.15, 0.2) is 0 Å². The molecule has 1 fully saturated rings. The molecule has 1 aliphatic rings. The maximum Gasteiger partial charge on any atom is 0.222 e. The Morgan fingerprint density at radius 2 is 2.00 bits per heavy atom. The minimum absolute atomic E-state index is 0. The van der Waals surface area contributed by atoms with E-state index in [1.807, 2.05) is 24.5 Å². The molecular weight excluding hydrogens is 327 g/mol. The van der Waals surface area contributed by atoms with Gasteiger partial charge in [0.05, 0.1) is 0 Å². The SMILES string of the molecule is CNC(=O)C1CC[C-](c2ccccc2C[C-]=O)CC1.[Y]. The number of carbonyl (C=O) groups excluding carboxylic acids is 2. The molecule has 0 spiro atoms. The second kappa shape index (κ2) is 8.58. The fourth-order valence-corrected chi connectivity index (χ4v) is 2.80. The van der Waals surface area contributed by atoms with E-state index in [0.717, 1.165) is 31.2 Å². The van der Waals surface area contributed by atoms with Gasteiger partial charge in [0.25, 0.3) is 0 Å². The Bertz CT molecular complexity index is 454. The third-order valence-corrected chi connectivity index (χ3v) is 3.87. The Hall–Kier alpha value is -0.666. The molecule has 1 N–H and O–H groups in total. The molecule has 105 valence electrons. The van der Waals surface area contributed by atoms with Gasteiger partial charge in [0.2, 0.25) is 5.91 Å². The van der Waals surface area contributed by atoms with Gasteiger partial charge in [0, 0.05) is 45.7 Å². The van der Waals surface area contributed by atoms with Gasteiger partial charge in [-0.3, -0.25) is 11.1 Å². The van der Waals surface area contributed by atoms with E-state index in [2.05, 4.69) is 11.4 Å². The number of hydrogen-bond acceptors (Lipinski definition) is 2. The summed E-state index contributed by atoms with van der Waals surface area (Å²) in [5.74, 6) is 1.65. The van der Waals surface area contributed by atoms with Crippen molar-refractivity contribution in [2.24, 2.45) is 5.92 Å². The van der Waals surface area contributed by atoms with Crippen molar-refractivity contribution in [2.75, 3.05) is 7.05 Å². The molecule has 20 heavy (non-hydrogen) atoms. The van der Waals surface area contributed by atoms with Crippen LogP contribution < -0.4 is 5.32 Å². The number of benzene rings is 1. The Balaban J connectivity index is 0.00000200. The molecule has 0 aromatic heterocycles. The minimum Gasteiger partial charge on any atom is -0.542 e. The van der Waals surface area contributed by atoms with E-state index in [0.29, 0.717) is 6.42 Å². The number of nitrogens with one attached hydrogen (secondary N) is 1. The summed E-state index contributed by atoms with van der Waals surface area (Å²) >= 11 is 0. The fraction of sp³-hybridized carbons (Fsp3) is 0.438. The second-order valence-electron chi connectivity index (χ2n) is 4.97. The molecule has 1 aliphatic carbocycles. The van der Waals surface area contributed by atoms with Crippen molar-refractivity contribution in [1.29, 1.82) is 0 Å². The first-order valence-electron chi connectivity index (χ1n) is 6.75. The number of amides is 1. The summed E-state index contributed by atoms with van der Waals surface area (Å²) < 4.78 is 0. The molecule has 0 atom stereocenters. The van der Waals surface area contributed by atoms with E-state index in [1.54, 1.807) is 7.05 Å². The topological polar surface area (TPSA) is 46.2 Å². The predicted octanol–water partition coefficient (Wildman–Crippen LogP) is 2.20. The van der Waals surface area contributed by atoms with Crippen LogP contribution in [-0.2, 0) is 48.7 Å². The Morgan fingerprint density at radius 1 is 1.35 bits per heavy atom. The van der Waals surface area contributed by atoms with Gasteiger partial charge in [-0.25, -0.2) is 0 Å². The van der Waals surface area contributed by atoms with Crippen molar-refractivity contribution in [3.05, 3.63) is 41.3 Å². The summed E-state index contributed by atoms with van der Waals surface area (Å²) in [4.78, 5) is 22.2. The Kier molecular flexibility index (Phi) is 7.46. The molecule has 1 aromatic rings. The summed E-state index contributed by atoms with van der Waals surface area (Å²) in [5.41, 5.74) is 2.23. The average Bonchev–Trinajstić information content (AvgIpc) is 2.47. The zero-order chi connectivity index (χ0) is 13.7.